The number of rotatable bonds is 2. The van der Waals surface area contributed by atoms with Crippen molar-refractivity contribution in [3.63, 3.8) is 0 Å². The summed E-state index contributed by atoms with van der Waals surface area (Å²) >= 11 is 0. The number of hydrogen-bond acceptors (Lipinski definition) is 4. The maximum atomic E-state index is 13.2. The Morgan fingerprint density at radius 1 is 1.11 bits per heavy atom. The fourth-order valence-electron chi connectivity index (χ4n) is 3.38. The van der Waals surface area contributed by atoms with Crippen LogP contribution in [0.25, 0.3) is 5.65 Å². The van der Waals surface area contributed by atoms with Crippen molar-refractivity contribution in [2.45, 2.75) is 33.0 Å². The number of nitrogens with zero attached hydrogens (tertiary/aromatic N) is 4. The molecular formula is C21H24N4O2. The van der Waals surface area contributed by atoms with Gasteiger partial charge in [0.2, 0.25) is 0 Å². The number of ether oxygens (including phenoxy) is 1. The highest BCUT2D eigenvalue weighted by Gasteiger charge is 2.37. The number of fused-ring (bicyclic) bond motifs is 1. The fourth-order valence-corrected chi connectivity index (χ4v) is 3.38. The van der Waals surface area contributed by atoms with Crippen molar-refractivity contribution in [2.24, 2.45) is 5.41 Å². The summed E-state index contributed by atoms with van der Waals surface area (Å²) in [5.41, 5.74) is 2.36. The van der Waals surface area contributed by atoms with Crippen molar-refractivity contribution in [2.75, 3.05) is 13.1 Å². The third kappa shape index (κ3) is 3.57. The molecule has 1 saturated heterocycles. The Morgan fingerprint density at radius 2 is 1.89 bits per heavy atom. The van der Waals surface area contributed by atoms with Gasteiger partial charge in [0, 0.05) is 12.7 Å². The molecule has 0 N–H and O–H groups in total. The van der Waals surface area contributed by atoms with E-state index in [9.17, 15) is 4.79 Å². The molecule has 140 valence electrons. The molecule has 1 aliphatic rings. The Morgan fingerprint density at radius 3 is 2.63 bits per heavy atom. The molecule has 0 bridgehead atoms. The summed E-state index contributed by atoms with van der Waals surface area (Å²) < 4.78 is 8.02. The predicted octanol–water partition coefficient (Wildman–Crippen LogP) is 3.36. The van der Waals surface area contributed by atoms with Crippen LogP contribution in [-0.4, -0.2) is 44.6 Å². The van der Waals surface area contributed by atoms with Gasteiger partial charge in [0.25, 0.3) is 5.91 Å². The highest BCUT2D eigenvalue weighted by atomic mass is 16.5. The number of morpholine rings is 1. The van der Waals surface area contributed by atoms with Gasteiger partial charge in [-0.15, -0.1) is 0 Å². The summed E-state index contributed by atoms with van der Waals surface area (Å²) in [6.45, 7) is 7.55. The fraction of sp³-hybridized carbons (Fsp3) is 0.381. The minimum absolute atomic E-state index is 0.00844. The van der Waals surface area contributed by atoms with E-state index in [2.05, 4.69) is 43.0 Å². The molecule has 3 heterocycles. The van der Waals surface area contributed by atoms with Crippen LogP contribution < -0.4 is 0 Å². The van der Waals surface area contributed by atoms with E-state index in [1.54, 1.807) is 10.7 Å². The molecule has 1 aliphatic heterocycles. The zero-order valence-electron chi connectivity index (χ0n) is 15.9. The molecule has 6 heteroatoms. The lowest BCUT2D eigenvalue weighted by molar-refractivity contribution is -0.119. The van der Waals surface area contributed by atoms with E-state index in [-0.39, 0.29) is 23.5 Å². The van der Waals surface area contributed by atoms with Crippen molar-refractivity contribution in [3.8, 4) is 0 Å². The Hall–Kier alpha value is -2.73. The Bertz CT molecular complexity index is 945. The Kier molecular flexibility index (Phi) is 4.44. The highest BCUT2D eigenvalue weighted by molar-refractivity contribution is 5.94. The van der Waals surface area contributed by atoms with Crippen molar-refractivity contribution < 1.29 is 9.53 Å². The summed E-state index contributed by atoms with van der Waals surface area (Å²) in [6.07, 6.45) is 3.04. The van der Waals surface area contributed by atoms with E-state index < -0.39 is 0 Å². The summed E-state index contributed by atoms with van der Waals surface area (Å²) in [5.74, 6) is -0.00844. The second-order valence-electron chi connectivity index (χ2n) is 8.08. The molecule has 0 saturated carbocycles. The molecule has 0 unspecified atom stereocenters. The zero-order valence-corrected chi connectivity index (χ0v) is 15.9. The van der Waals surface area contributed by atoms with E-state index in [4.69, 9.17) is 4.74 Å². The number of pyridine rings is 1. The first-order chi connectivity index (χ1) is 12.9. The summed E-state index contributed by atoms with van der Waals surface area (Å²) in [4.78, 5) is 19.3. The topological polar surface area (TPSA) is 59.7 Å². The number of carbonyl (C=O) groups excluding carboxylic acids is 1. The van der Waals surface area contributed by atoms with Crippen LogP contribution in [-0.2, 0) is 4.74 Å². The van der Waals surface area contributed by atoms with Crippen LogP contribution in [0.4, 0.5) is 0 Å². The molecule has 0 spiro atoms. The summed E-state index contributed by atoms with van der Waals surface area (Å²) in [6, 6.07) is 13.7. The van der Waals surface area contributed by atoms with Gasteiger partial charge < -0.3 is 9.64 Å². The molecule has 3 aromatic rings. The first-order valence-electron chi connectivity index (χ1n) is 9.21. The third-order valence-electron chi connectivity index (χ3n) is 5.05. The molecule has 0 aliphatic carbocycles. The van der Waals surface area contributed by atoms with Crippen LogP contribution in [0.3, 0.4) is 0 Å². The molecule has 2 atom stereocenters. The van der Waals surface area contributed by atoms with Gasteiger partial charge >= 0.3 is 0 Å². The van der Waals surface area contributed by atoms with E-state index in [1.165, 1.54) is 6.33 Å². The molecule has 0 radical (unpaired) electrons. The Labute approximate surface area is 158 Å². The normalized spacial score (nSPS) is 20.8. The largest absolute Gasteiger partial charge is 0.366 e. The summed E-state index contributed by atoms with van der Waals surface area (Å²) in [7, 11) is 0. The van der Waals surface area contributed by atoms with Crippen LogP contribution in [0.2, 0.25) is 0 Å². The maximum absolute atomic E-state index is 13.2. The van der Waals surface area contributed by atoms with Crippen molar-refractivity contribution in [3.05, 3.63) is 66.1 Å². The average molecular weight is 364 g/mol. The molecular weight excluding hydrogens is 340 g/mol. The monoisotopic (exact) mass is 364 g/mol. The van der Waals surface area contributed by atoms with Crippen LogP contribution in [0.5, 0.6) is 0 Å². The van der Waals surface area contributed by atoms with E-state index in [0.29, 0.717) is 18.7 Å². The average Bonchev–Trinajstić information content (AvgIpc) is 3.15. The molecule has 2 aromatic heterocycles. The van der Waals surface area contributed by atoms with Crippen LogP contribution >= 0.6 is 0 Å². The van der Waals surface area contributed by atoms with Crippen LogP contribution in [0, 0.1) is 5.41 Å². The Balaban J connectivity index is 1.64. The molecule has 4 rings (SSSR count). The number of carbonyl (C=O) groups is 1. The lowest BCUT2D eigenvalue weighted by atomic mass is 9.87. The minimum Gasteiger partial charge on any atom is -0.366 e. The molecule has 6 nitrogen and oxygen atoms in total. The van der Waals surface area contributed by atoms with Gasteiger partial charge in [0.05, 0.1) is 18.2 Å². The van der Waals surface area contributed by atoms with Crippen molar-refractivity contribution >= 4 is 11.6 Å². The van der Waals surface area contributed by atoms with Gasteiger partial charge in [-0.25, -0.2) is 9.50 Å². The van der Waals surface area contributed by atoms with Crippen LogP contribution in [0.15, 0.2) is 55.0 Å². The van der Waals surface area contributed by atoms with Crippen molar-refractivity contribution in [1.29, 1.82) is 0 Å². The van der Waals surface area contributed by atoms with Gasteiger partial charge in [-0.05, 0) is 23.1 Å². The van der Waals surface area contributed by atoms with Gasteiger partial charge in [-0.3, -0.25) is 4.79 Å². The van der Waals surface area contributed by atoms with E-state index >= 15 is 0 Å². The smallest absolute Gasteiger partial charge is 0.255 e. The lowest BCUT2D eigenvalue weighted by Crippen LogP contribution is -2.51. The SMILES string of the molecule is CC(C)(C)[C@H]1CN(C(=O)c2ccc3ncnn3c2)C[C@@H](c2ccccc2)O1. The first kappa shape index (κ1) is 17.7. The molecule has 1 fully saturated rings. The maximum Gasteiger partial charge on any atom is 0.255 e. The van der Waals surface area contributed by atoms with Gasteiger partial charge in [0.1, 0.15) is 12.4 Å². The molecule has 1 aromatic carbocycles. The second kappa shape index (κ2) is 6.78. The number of aromatic nitrogens is 3. The lowest BCUT2D eigenvalue weighted by Gasteiger charge is -2.43. The zero-order chi connectivity index (χ0) is 19.0. The van der Waals surface area contributed by atoms with Gasteiger partial charge in [-0.2, -0.15) is 5.10 Å². The molecule has 27 heavy (non-hydrogen) atoms. The third-order valence-corrected chi connectivity index (χ3v) is 5.05. The molecule has 1 amide bonds. The first-order valence-corrected chi connectivity index (χ1v) is 9.21. The van der Waals surface area contributed by atoms with Crippen molar-refractivity contribution in [1.82, 2.24) is 19.5 Å². The number of hydrogen-bond donors (Lipinski definition) is 0. The second-order valence-corrected chi connectivity index (χ2v) is 8.08. The quantitative estimate of drug-likeness (QED) is 0.700. The number of amides is 1. The number of benzene rings is 1. The standard InChI is InChI=1S/C21H24N4O2/c1-21(2,3)18-13-24(12-17(27-18)15-7-5-4-6-8-15)20(26)16-9-10-19-22-14-23-25(19)11-16/h4-11,14,17-18H,12-13H2,1-3H3/t17-,18+/m0/s1. The van der Waals surface area contributed by atoms with Gasteiger partial charge in [-0.1, -0.05) is 51.1 Å². The summed E-state index contributed by atoms with van der Waals surface area (Å²) in [5, 5.41) is 4.13. The minimum atomic E-state index is -0.136. The van der Waals surface area contributed by atoms with Gasteiger partial charge in [0.15, 0.2) is 5.65 Å². The predicted molar refractivity (Wildman–Crippen MR) is 102 cm³/mol. The van der Waals surface area contributed by atoms with E-state index in [1.807, 2.05) is 35.2 Å². The highest BCUT2D eigenvalue weighted by Crippen LogP contribution is 2.34. The van der Waals surface area contributed by atoms with E-state index in [0.717, 1.165) is 11.2 Å². The van der Waals surface area contributed by atoms with Crippen LogP contribution in [0.1, 0.15) is 42.8 Å².